The Kier molecular flexibility index (Phi) is 5.53. The van der Waals surface area contributed by atoms with Gasteiger partial charge in [0.05, 0.1) is 10.6 Å². The molecule has 30 heavy (non-hydrogen) atoms. The van der Waals surface area contributed by atoms with Crippen molar-refractivity contribution in [2.75, 3.05) is 50.8 Å². The second-order valence-electron chi connectivity index (χ2n) is 7.39. The molecule has 2 saturated heterocycles. The van der Waals surface area contributed by atoms with Gasteiger partial charge in [-0.05, 0) is 18.9 Å². The van der Waals surface area contributed by atoms with Gasteiger partial charge in [0.25, 0.3) is 17.5 Å². The lowest BCUT2D eigenvalue weighted by Crippen LogP contribution is -2.55. The van der Waals surface area contributed by atoms with E-state index in [2.05, 4.69) is 0 Å². The average Bonchev–Trinajstić information content (AvgIpc) is 3.29. The molecule has 3 aliphatic heterocycles. The summed E-state index contributed by atoms with van der Waals surface area (Å²) in [5, 5.41) is 11.1. The van der Waals surface area contributed by atoms with E-state index >= 15 is 0 Å². The van der Waals surface area contributed by atoms with Crippen molar-refractivity contribution in [3.05, 3.63) is 28.3 Å². The molecule has 1 aromatic carbocycles. The molecule has 4 rings (SSSR count). The second kappa shape index (κ2) is 8.27. The number of non-ortho nitro benzene ring substituents is 1. The Bertz CT molecular complexity index is 876. The molecule has 11 heteroatoms. The molecule has 11 nitrogen and oxygen atoms in total. The molecule has 3 heterocycles. The van der Waals surface area contributed by atoms with Crippen molar-refractivity contribution in [1.82, 2.24) is 9.80 Å². The fourth-order valence-corrected chi connectivity index (χ4v) is 3.86. The van der Waals surface area contributed by atoms with Crippen LogP contribution in [0, 0.1) is 10.1 Å². The molecule has 2 fully saturated rings. The second-order valence-corrected chi connectivity index (χ2v) is 7.39. The van der Waals surface area contributed by atoms with Crippen LogP contribution in [0.4, 0.5) is 11.4 Å². The molecule has 0 saturated carbocycles. The molecule has 3 amide bonds. The minimum Gasteiger partial charge on any atom is -0.482 e. The van der Waals surface area contributed by atoms with Crippen LogP contribution < -0.4 is 9.64 Å². The largest absolute Gasteiger partial charge is 0.482 e. The Hall–Kier alpha value is -3.21. The van der Waals surface area contributed by atoms with E-state index < -0.39 is 10.8 Å². The first-order chi connectivity index (χ1) is 14.4. The molecular formula is C19H22N4O7. The molecule has 1 aromatic rings. The van der Waals surface area contributed by atoms with E-state index in [1.165, 1.54) is 23.1 Å². The summed E-state index contributed by atoms with van der Waals surface area (Å²) in [4.78, 5) is 52.6. The summed E-state index contributed by atoms with van der Waals surface area (Å²) in [7, 11) is 0. The van der Waals surface area contributed by atoms with Crippen LogP contribution in [0.15, 0.2) is 18.2 Å². The van der Waals surface area contributed by atoms with Gasteiger partial charge in [-0.1, -0.05) is 0 Å². The van der Waals surface area contributed by atoms with Crippen molar-refractivity contribution >= 4 is 29.1 Å². The minimum absolute atomic E-state index is 0.0378. The third-order valence-electron chi connectivity index (χ3n) is 5.54. The highest BCUT2D eigenvalue weighted by atomic mass is 16.6. The number of hydrogen-bond acceptors (Lipinski definition) is 7. The standard InChI is InChI=1S/C19H22N4O7/c24-17(20-5-7-21(8-6-20)19(26)16-2-1-9-29-16)11-22-14-10-13(23(27)28)3-4-15(14)30-12-18(22)25/h3-4,10,16H,1-2,5-9,11-12H2. The van der Waals surface area contributed by atoms with E-state index in [1.807, 2.05) is 0 Å². The fourth-order valence-electron chi connectivity index (χ4n) is 3.86. The lowest BCUT2D eigenvalue weighted by Gasteiger charge is -2.37. The molecule has 160 valence electrons. The number of ether oxygens (including phenoxy) is 2. The lowest BCUT2D eigenvalue weighted by atomic mass is 10.2. The van der Waals surface area contributed by atoms with Crippen LogP contribution in [0.1, 0.15) is 12.8 Å². The molecule has 0 aliphatic carbocycles. The normalized spacial score (nSPS) is 21.3. The van der Waals surface area contributed by atoms with Gasteiger partial charge in [0.2, 0.25) is 5.91 Å². The number of hydrogen-bond donors (Lipinski definition) is 0. The zero-order valence-corrected chi connectivity index (χ0v) is 16.3. The third kappa shape index (κ3) is 3.92. The number of rotatable bonds is 4. The predicted octanol–water partition coefficient (Wildman–Crippen LogP) is 0.170. The highest BCUT2D eigenvalue weighted by Crippen LogP contribution is 2.35. The number of piperazine rings is 1. The van der Waals surface area contributed by atoms with Crippen molar-refractivity contribution < 1.29 is 28.8 Å². The molecular weight excluding hydrogens is 396 g/mol. The summed E-state index contributed by atoms with van der Waals surface area (Å²) in [6.45, 7) is 1.65. The third-order valence-corrected chi connectivity index (χ3v) is 5.54. The van der Waals surface area contributed by atoms with Crippen molar-refractivity contribution in [3.63, 3.8) is 0 Å². The number of carbonyl (C=O) groups is 3. The Balaban J connectivity index is 1.40. The van der Waals surface area contributed by atoms with Crippen LogP contribution in [-0.2, 0) is 19.1 Å². The summed E-state index contributed by atoms with van der Waals surface area (Å²) in [6, 6.07) is 3.95. The van der Waals surface area contributed by atoms with E-state index in [1.54, 1.807) is 9.80 Å². The number of fused-ring (bicyclic) bond motifs is 1. The first-order valence-corrected chi connectivity index (χ1v) is 9.84. The maximum Gasteiger partial charge on any atom is 0.271 e. The highest BCUT2D eigenvalue weighted by Gasteiger charge is 2.34. The van der Waals surface area contributed by atoms with Gasteiger partial charge in [0.1, 0.15) is 18.4 Å². The molecule has 0 aromatic heterocycles. The van der Waals surface area contributed by atoms with Crippen LogP contribution in [0.5, 0.6) is 5.75 Å². The lowest BCUT2D eigenvalue weighted by molar-refractivity contribution is -0.384. The van der Waals surface area contributed by atoms with E-state index in [0.717, 1.165) is 12.8 Å². The Morgan fingerprint density at radius 1 is 1.17 bits per heavy atom. The predicted molar refractivity (Wildman–Crippen MR) is 103 cm³/mol. The first kappa shape index (κ1) is 20.1. The first-order valence-electron chi connectivity index (χ1n) is 9.84. The van der Waals surface area contributed by atoms with E-state index in [4.69, 9.17) is 9.47 Å². The quantitative estimate of drug-likeness (QED) is 0.504. The van der Waals surface area contributed by atoms with Crippen molar-refractivity contribution in [1.29, 1.82) is 0 Å². The highest BCUT2D eigenvalue weighted by molar-refractivity contribution is 6.02. The Morgan fingerprint density at radius 2 is 1.90 bits per heavy atom. The number of anilines is 1. The summed E-state index contributed by atoms with van der Waals surface area (Å²) < 4.78 is 10.8. The molecule has 0 bridgehead atoms. The van der Waals surface area contributed by atoms with Gasteiger partial charge in [-0.2, -0.15) is 0 Å². The fraction of sp³-hybridized carbons (Fsp3) is 0.526. The van der Waals surface area contributed by atoms with Crippen molar-refractivity contribution in [2.45, 2.75) is 18.9 Å². The van der Waals surface area contributed by atoms with Gasteiger partial charge in [0, 0.05) is 44.9 Å². The number of nitrogens with zero attached hydrogens (tertiary/aromatic N) is 4. The number of carbonyl (C=O) groups excluding carboxylic acids is 3. The molecule has 0 radical (unpaired) electrons. The number of nitro benzene ring substituents is 1. The van der Waals surface area contributed by atoms with Gasteiger partial charge in [-0.15, -0.1) is 0 Å². The summed E-state index contributed by atoms with van der Waals surface area (Å²) in [5.41, 5.74) is 0.0201. The monoisotopic (exact) mass is 418 g/mol. The Morgan fingerprint density at radius 3 is 2.57 bits per heavy atom. The smallest absolute Gasteiger partial charge is 0.271 e. The van der Waals surface area contributed by atoms with Gasteiger partial charge < -0.3 is 19.3 Å². The van der Waals surface area contributed by atoms with E-state index in [-0.39, 0.29) is 42.4 Å². The minimum atomic E-state index is -0.566. The molecule has 0 spiro atoms. The molecule has 3 aliphatic rings. The van der Waals surface area contributed by atoms with Gasteiger partial charge in [-0.3, -0.25) is 29.4 Å². The summed E-state index contributed by atoms with van der Waals surface area (Å²) in [6.07, 6.45) is 1.22. The van der Waals surface area contributed by atoms with Crippen molar-refractivity contribution in [2.24, 2.45) is 0 Å². The van der Waals surface area contributed by atoms with Crippen LogP contribution in [-0.4, -0.2) is 84.5 Å². The number of nitro groups is 1. The van der Waals surface area contributed by atoms with Crippen LogP contribution in [0.2, 0.25) is 0 Å². The zero-order valence-electron chi connectivity index (χ0n) is 16.3. The van der Waals surface area contributed by atoms with E-state index in [9.17, 15) is 24.5 Å². The van der Waals surface area contributed by atoms with Gasteiger partial charge in [-0.25, -0.2) is 0 Å². The number of amides is 3. The van der Waals surface area contributed by atoms with Crippen molar-refractivity contribution in [3.8, 4) is 5.75 Å². The topological polar surface area (TPSA) is 123 Å². The zero-order chi connectivity index (χ0) is 21.3. The molecule has 1 unspecified atom stereocenters. The maximum absolute atomic E-state index is 12.8. The van der Waals surface area contributed by atoms with Crippen LogP contribution >= 0.6 is 0 Å². The van der Waals surface area contributed by atoms with E-state index in [0.29, 0.717) is 38.5 Å². The Labute approximate surface area is 172 Å². The average molecular weight is 418 g/mol. The molecule has 1 atom stereocenters. The van der Waals surface area contributed by atoms with Crippen LogP contribution in [0.25, 0.3) is 0 Å². The maximum atomic E-state index is 12.8. The molecule has 0 N–H and O–H groups in total. The van der Waals surface area contributed by atoms with Gasteiger partial charge >= 0.3 is 0 Å². The van der Waals surface area contributed by atoms with Gasteiger partial charge in [0.15, 0.2) is 6.61 Å². The number of benzene rings is 1. The summed E-state index contributed by atoms with van der Waals surface area (Å²) in [5.74, 6) is -0.445. The SMILES string of the molecule is O=C(CN1C(=O)COc2ccc([N+](=O)[O-])cc21)N1CCN(C(=O)C2CCCO2)CC1. The van der Waals surface area contributed by atoms with Crippen LogP contribution in [0.3, 0.4) is 0 Å². The summed E-state index contributed by atoms with van der Waals surface area (Å²) >= 11 is 0.